The number of aliphatic carboxylic acids is 1. The molecule has 0 spiro atoms. The normalized spacial score (nSPS) is 19.3. The topological polar surface area (TPSA) is 52.6 Å². The van der Waals surface area contributed by atoms with Crippen LogP contribution in [0.15, 0.2) is 0 Å². The summed E-state index contributed by atoms with van der Waals surface area (Å²) in [5.74, 6) is -0.743. The van der Waals surface area contributed by atoms with Gasteiger partial charge in [-0.3, -0.25) is 9.69 Å². The predicted molar refractivity (Wildman–Crippen MR) is 69.2 cm³/mol. The van der Waals surface area contributed by atoms with Crippen LogP contribution in [0, 0.1) is 0 Å². The van der Waals surface area contributed by atoms with Crippen molar-refractivity contribution in [1.29, 1.82) is 0 Å². The van der Waals surface area contributed by atoms with Crippen LogP contribution in [-0.2, 0) is 4.79 Å². The summed E-state index contributed by atoms with van der Waals surface area (Å²) in [4.78, 5) is 13.8. The lowest BCUT2D eigenvalue weighted by Crippen LogP contribution is -2.57. The number of carboxylic acids is 1. The van der Waals surface area contributed by atoms with Gasteiger partial charge in [-0.25, -0.2) is 0 Å². The molecule has 0 aliphatic heterocycles. The fourth-order valence-electron chi connectivity index (χ4n) is 2.12. The van der Waals surface area contributed by atoms with E-state index in [2.05, 4.69) is 24.1 Å². The van der Waals surface area contributed by atoms with Crippen LogP contribution in [0.25, 0.3) is 0 Å². The molecule has 0 amide bonds. The van der Waals surface area contributed by atoms with Crippen LogP contribution >= 0.6 is 0 Å². The van der Waals surface area contributed by atoms with E-state index in [1.165, 1.54) is 12.8 Å². The largest absolute Gasteiger partial charge is 0.480 e. The molecule has 1 rings (SSSR count). The summed E-state index contributed by atoms with van der Waals surface area (Å²) in [6.45, 7) is 8.37. The van der Waals surface area contributed by atoms with Gasteiger partial charge in [-0.1, -0.05) is 13.8 Å². The lowest BCUT2D eigenvalue weighted by atomic mass is 10.0. The summed E-state index contributed by atoms with van der Waals surface area (Å²) in [5.41, 5.74) is -0.812. The van der Waals surface area contributed by atoms with Crippen molar-refractivity contribution in [3.63, 3.8) is 0 Å². The highest BCUT2D eigenvalue weighted by atomic mass is 16.4. The van der Waals surface area contributed by atoms with Gasteiger partial charge in [0.25, 0.3) is 0 Å². The fourth-order valence-corrected chi connectivity index (χ4v) is 2.12. The Bertz CT molecular complexity index is 254. The number of hydrogen-bond acceptors (Lipinski definition) is 3. The van der Waals surface area contributed by atoms with Gasteiger partial charge in [-0.05, 0) is 45.7 Å². The summed E-state index contributed by atoms with van der Waals surface area (Å²) < 4.78 is 0. The Morgan fingerprint density at radius 2 is 2.06 bits per heavy atom. The zero-order valence-electron chi connectivity index (χ0n) is 11.3. The zero-order valence-corrected chi connectivity index (χ0v) is 11.3. The first kappa shape index (κ1) is 14.5. The first-order valence-corrected chi connectivity index (χ1v) is 6.76. The third kappa shape index (κ3) is 4.28. The summed E-state index contributed by atoms with van der Waals surface area (Å²) >= 11 is 0. The van der Waals surface area contributed by atoms with Gasteiger partial charge in [0.2, 0.25) is 0 Å². The van der Waals surface area contributed by atoms with Crippen LogP contribution in [-0.4, -0.2) is 47.2 Å². The first-order chi connectivity index (χ1) is 8.03. The first-order valence-electron chi connectivity index (χ1n) is 6.76. The minimum Gasteiger partial charge on any atom is -0.480 e. The molecule has 0 heterocycles. The highest BCUT2D eigenvalue weighted by Gasteiger charge is 2.38. The van der Waals surface area contributed by atoms with Crippen molar-refractivity contribution in [2.24, 2.45) is 0 Å². The van der Waals surface area contributed by atoms with E-state index >= 15 is 0 Å². The molecule has 0 radical (unpaired) electrons. The molecule has 0 aromatic rings. The highest BCUT2D eigenvalue weighted by Crippen LogP contribution is 2.28. The number of nitrogens with zero attached hydrogens (tertiary/aromatic N) is 1. The molecular formula is C13H26N2O2. The van der Waals surface area contributed by atoms with E-state index in [1.54, 1.807) is 6.92 Å². The van der Waals surface area contributed by atoms with Crippen LogP contribution in [0.1, 0.15) is 46.5 Å². The molecule has 17 heavy (non-hydrogen) atoms. The predicted octanol–water partition coefficient (Wildman–Crippen LogP) is 1.70. The molecule has 2 N–H and O–H groups in total. The number of carboxylic acid groups (broad SMARTS) is 1. The Morgan fingerprint density at radius 3 is 2.47 bits per heavy atom. The van der Waals surface area contributed by atoms with E-state index in [9.17, 15) is 9.90 Å². The van der Waals surface area contributed by atoms with Gasteiger partial charge in [0.1, 0.15) is 5.54 Å². The van der Waals surface area contributed by atoms with Gasteiger partial charge in [-0.2, -0.15) is 0 Å². The Labute approximate surface area is 104 Å². The third-order valence-electron chi connectivity index (χ3n) is 3.33. The van der Waals surface area contributed by atoms with Crippen molar-refractivity contribution < 1.29 is 9.90 Å². The summed E-state index contributed by atoms with van der Waals surface area (Å²) in [6, 6.07) is 0.622. The number of rotatable bonds is 9. The van der Waals surface area contributed by atoms with Crippen molar-refractivity contribution >= 4 is 5.97 Å². The highest BCUT2D eigenvalue weighted by molar-refractivity contribution is 5.78. The van der Waals surface area contributed by atoms with Crippen molar-refractivity contribution in [2.75, 3.05) is 19.6 Å². The molecule has 4 heteroatoms. The molecule has 1 fully saturated rings. The van der Waals surface area contributed by atoms with E-state index in [-0.39, 0.29) is 0 Å². The smallest absolute Gasteiger partial charge is 0.324 e. The second-order valence-electron chi connectivity index (χ2n) is 5.27. The molecule has 0 bridgehead atoms. The molecule has 4 nitrogen and oxygen atoms in total. The average molecular weight is 242 g/mol. The molecule has 0 aromatic carbocycles. The molecule has 1 aliphatic rings. The maximum Gasteiger partial charge on any atom is 0.324 e. The van der Waals surface area contributed by atoms with E-state index in [1.807, 2.05) is 0 Å². The van der Waals surface area contributed by atoms with Crippen LogP contribution in [0.3, 0.4) is 0 Å². The van der Waals surface area contributed by atoms with Crippen molar-refractivity contribution in [3.8, 4) is 0 Å². The zero-order chi connectivity index (χ0) is 12.9. The Kier molecular flexibility index (Phi) is 5.40. The molecular weight excluding hydrogens is 216 g/mol. The van der Waals surface area contributed by atoms with Crippen LogP contribution in [0.4, 0.5) is 0 Å². The van der Waals surface area contributed by atoms with Crippen molar-refractivity contribution in [2.45, 2.75) is 58.0 Å². The van der Waals surface area contributed by atoms with E-state index in [0.717, 1.165) is 25.9 Å². The van der Waals surface area contributed by atoms with Gasteiger partial charge in [0, 0.05) is 12.6 Å². The lowest BCUT2D eigenvalue weighted by molar-refractivity contribution is -0.145. The minimum absolute atomic E-state index is 0.612. The standard InChI is InChI=1S/C13H26N2O2/c1-4-8-14-13(3,12(16)17)10-15(9-5-2)11-6-7-11/h11,14H,4-10H2,1-3H3,(H,16,17). The van der Waals surface area contributed by atoms with E-state index < -0.39 is 11.5 Å². The van der Waals surface area contributed by atoms with E-state index in [0.29, 0.717) is 12.6 Å². The van der Waals surface area contributed by atoms with Gasteiger partial charge < -0.3 is 10.4 Å². The summed E-state index contributed by atoms with van der Waals surface area (Å²) in [7, 11) is 0. The molecule has 1 atom stereocenters. The molecule has 0 saturated heterocycles. The maximum atomic E-state index is 11.4. The minimum atomic E-state index is -0.812. The van der Waals surface area contributed by atoms with Crippen LogP contribution in [0.2, 0.25) is 0 Å². The quantitative estimate of drug-likeness (QED) is 0.646. The van der Waals surface area contributed by atoms with Gasteiger partial charge in [-0.15, -0.1) is 0 Å². The summed E-state index contributed by atoms with van der Waals surface area (Å²) in [6.07, 6.45) is 4.49. The molecule has 1 unspecified atom stereocenters. The number of hydrogen-bond donors (Lipinski definition) is 2. The van der Waals surface area contributed by atoms with Crippen LogP contribution in [0.5, 0.6) is 0 Å². The second kappa shape index (κ2) is 6.36. The SMILES string of the molecule is CCCNC(C)(CN(CCC)C1CC1)C(=O)O. The van der Waals surface area contributed by atoms with Gasteiger partial charge in [0.05, 0.1) is 0 Å². The number of nitrogens with one attached hydrogen (secondary N) is 1. The number of carbonyl (C=O) groups is 1. The third-order valence-corrected chi connectivity index (χ3v) is 3.33. The summed E-state index contributed by atoms with van der Waals surface area (Å²) in [5, 5.41) is 12.6. The maximum absolute atomic E-state index is 11.4. The fraction of sp³-hybridized carbons (Fsp3) is 0.923. The van der Waals surface area contributed by atoms with E-state index in [4.69, 9.17) is 0 Å². The van der Waals surface area contributed by atoms with Crippen molar-refractivity contribution in [3.05, 3.63) is 0 Å². The monoisotopic (exact) mass is 242 g/mol. The Morgan fingerprint density at radius 1 is 1.41 bits per heavy atom. The Hall–Kier alpha value is -0.610. The second-order valence-corrected chi connectivity index (χ2v) is 5.27. The Balaban J connectivity index is 2.59. The van der Waals surface area contributed by atoms with Crippen LogP contribution < -0.4 is 5.32 Å². The molecule has 1 saturated carbocycles. The molecule has 1 aliphatic carbocycles. The van der Waals surface area contributed by atoms with Crippen molar-refractivity contribution in [1.82, 2.24) is 10.2 Å². The average Bonchev–Trinajstić information content (AvgIpc) is 3.09. The van der Waals surface area contributed by atoms with Gasteiger partial charge >= 0.3 is 5.97 Å². The molecule has 100 valence electrons. The lowest BCUT2D eigenvalue weighted by Gasteiger charge is -2.33. The van der Waals surface area contributed by atoms with Gasteiger partial charge in [0.15, 0.2) is 0 Å². The molecule has 0 aromatic heterocycles.